The van der Waals surface area contributed by atoms with Crippen molar-refractivity contribution in [1.82, 2.24) is 5.32 Å². The number of hydrogen-bond acceptors (Lipinski definition) is 4. The van der Waals surface area contributed by atoms with Crippen molar-refractivity contribution >= 4 is 0 Å². The molecule has 4 heteroatoms. The van der Waals surface area contributed by atoms with Gasteiger partial charge in [0.15, 0.2) is 11.5 Å². The minimum absolute atomic E-state index is 0.267. The van der Waals surface area contributed by atoms with E-state index in [0.717, 1.165) is 23.5 Å². The van der Waals surface area contributed by atoms with Crippen LogP contribution in [0.2, 0.25) is 0 Å². The van der Waals surface area contributed by atoms with Crippen molar-refractivity contribution in [3.8, 4) is 11.5 Å². The van der Waals surface area contributed by atoms with Crippen LogP contribution in [0.1, 0.15) is 57.6 Å². The topological polar surface area (TPSA) is 50.7 Å². The average molecular weight is 293 g/mol. The molecule has 118 valence electrons. The highest BCUT2D eigenvalue weighted by Crippen LogP contribution is 2.34. The largest absolute Gasteiger partial charge is 0.454 e. The zero-order valence-electron chi connectivity index (χ0n) is 13.1. The average Bonchev–Trinajstić information content (AvgIpc) is 2.97. The highest BCUT2D eigenvalue weighted by atomic mass is 16.7. The highest BCUT2D eigenvalue weighted by Gasteiger charge is 2.17. The smallest absolute Gasteiger partial charge is 0.231 e. The van der Waals surface area contributed by atoms with Crippen molar-refractivity contribution in [3.63, 3.8) is 0 Å². The van der Waals surface area contributed by atoms with E-state index in [9.17, 15) is 5.11 Å². The fraction of sp³-hybridized carbons (Fsp3) is 0.647. The van der Waals surface area contributed by atoms with Crippen LogP contribution in [0.3, 0.4) is 0 Å². The van der Waals surface area contributed by atoms with Gasteiger partial charge in [-0.3, -0.25) is 0 Å². The van der Waals surface area contributed by atoms with Crippen LogP contribution in [0.4, 0.5) is 0 Å². The maximum atomic E-state index is 10.3. The summed E-state index contributed by atoms with van der Waals surface area (Å²) in [4.78, 5) is 0. The molecule has 0 saturated heterocycles. The predicted octanol–water partition coefficient (Wildman–Crippen LogP) is 3.40. The normalized spacial score (nSPS) is 16.0. The van der Waals surface area contributed by atoms with E-state index in [4.69, 9.17) is 9.47 Å². The van der Waals surface area contributed by atoms with Gasteiger partial charge in [-0.2, -0.15) is 0 Å². The monoisotopic (exact) mass is 293 g/mol. The maximum Gasteiger partial charge on any atom is 0.231 e. The number of unbranched alkanes of at least 4 members (excludes halogenated alkanes) is 1. The summed E-state index contributed by atoms with van der Waals surface area (Å²) >= 11 is 0. The number of aliphatic hydroxyl groups excluding tert-OH is 1. The fourth-order valence-electron chi connectivity index (χ4n) is 2.66. The van der Waals surface area contributed by atoms with Crippen LogP contribution in [0.25, 0.3) is 0 Å². The van der Waals surface area contributed by atoms with E-state index in [1.807, 2.05) is 18.2 Å². The highest BCUT2D eigenvalue weighted by molar-refractivity contribution is 5.45. The second kappa shape index (κ2) is 8.25. The van der Waals surface area contributed by atoms with Gasteiger partial charge in [-0.05, 0) is 30.5 Å². The van der Waals surface area contributed by atoms with Crippen LogP contribution < -0.4 is 14.8 Å². The molecule has 1 aromatic carbocycles. The number of benzene rings is 1. The molecule has 0 radical (unpaired) electrons. The SMILES string of the molecule is CCCCC(CCC)NCC(O)c1ccc2c(c1)OCO2. The Balaban J connectivity index is 1.86. The van der Waals surface area contributed by atoms with Gasteiger partial charge in [-0.1, -0.05) is 39.2 Å². The number of aliphatic hydroxyl groups is 1. The summed E-state index contributed by atoms with van der Waals surface area (Å²) in [5.74, 6) is 1.48. The molecule has 4 nitrogen and oxygen atoms in total. The van der Waals surface area contributed by atoms with Gasteiger partial charge in [0.2, 0.25) is 6.79 Å². The van der Waals surface area contributed by atoms with E-state index in [1.54, 1.807) is 0 Å². The summed E-state index contributed by atoms with van der Waals surface area (Å²) in [5.41, 5.74) is 0.873. The summed E-state index contributed by atoms with van der Waals surface area (Å²) in [5, 5.41) is 13.8. The van der Waals surface area contributed by atoms with Gasteiger partial charge in [-0.25, -0.2) is 0 Å². The van der Waals surface area contributed by atoms with Crippen molar-refractivity contribution in [3.05, 3.63) is 23.8 Å². The van der Waals surface area contributed by atoms with Crippen molar-refractivity contribution in [2.75, 3.05) is 13.3 Å². The standard InChI is InChI=1S/C17H27NO3/c1-3-5-7-14(6-4-2)18-11-15(19)13-8-9-16-17(10-13)21-12-20-16/h8-10,14-15,18-19H,3-7,11-12H2,1-2H3. The van der Waals surface area contributed by atoms with Crippen molar-refractivity contribution in [2.24, 2.45) is 0 Å². The molecule has 0 amide bonds. The minimum Gasteiger partial charge on any atom is -0.454 e. The van der Waals surface area contributed by atoms with Crippen LogP contribution in [0.15, 0.2) is 18.2 Å². The Morgan fingerprint density at radius 1 is 1.14 bits per heavy atom. The Morgan fingerprint density at radius 2 is 1.95 bits per heavy atom. The second-order valence-corrected chi connectivity index (χ2v) is 5.66. The lowest BCUT2D eigenvalue weighted by atomic mass is 10.0. The number of fused-ring (bicyclic) bond motifs is 1. The summed E-state index contributed by atoms with van der Waals surface area (Å²) < 4.78 is 10.6. The molecule has 0 bridgehead atoms. The Morgan fingerprint density at radius 3 is 2.71 bits per heavy atom. The third kappa shape index (κ3) is 4.61. The van der Waals surface area contributed by atoms with Gasteiger partial charge in [0, 0.05) is 12.6 Å². The van der Waals surface area contributed by atoms with Crippen LogP contribution in [-0.2, 0) is 0 Å². The Hall–Kier alpha value is -1.26. The third-order valence-corrected chi connectivity index (χ3v) is 3.92. The number of rotatable bonds is 9. The first-order chi connectivity index (χ1) is 10.2. The number of hydrogen-bond donors (Lipinski definition) is 2. The van der Waals surface area contributed by atoms with Gasteiger partial charge in [0.05, 0.1) is 6.10 Å². The summed E-state index contributed by atoms with van der Waals surface area (Å²) in [7, 11) is 0. The van der Waals surface area contributed by atoms with Crippen LogP contribution in [0.5, 0.6) is 11.5 Å². The maximum absolute atomic E-state index is 10.3. The summed E-state index contributed by atoms with van der Waals surface area (Å²) in [6.07, 6.45) is 5.44. The number of nitrogens with one attached hydrogen (secondary N) is 1. The molecule has 0 spiro atoms. The summed E-state index contributed by atoms with van der Waals surface area (Å²) in [6, 6.07) is 6.14. The first-order valence-corrected chi connectivity index (χ1v) is 8.05. The predicted molar refractivity (Wildman–Crippen MR) is 83.7 cm³/mol. The third-order valence-electron chi connectivity index (χ3n) is 3.92. The van der Waals surface area contributed by atoms with Gasteiger partial charge in [0.25, 0.3) is 0 Å². The van der Waals surface area contributed by atoms with Gasteiger partial charge >= 0.3 is 0 Å². The van der Waals surface area contributed by atoms with E-state index >= 15 is 0 Å². The molecule has 2 atom stereocenters. The molecular formula is C17H27NO3. The van der Waals surface area contributed by atoms with Crippen LogP contribution in [-0.4, -0.2) is 24.5 Å². The molecule has 2 unspecified atom stereocenters. The van der Waals surface area contributed by atoms with E-state index in [1.165, 1.54) is 25.7 Å². The first kappa shape index (κ1) is 16.1. The Bertz CT molecular complexity index is 436. The van der Waals surface area contributed by atoms with E-state index < -0.39 is 6.10 Å². The molecule has 0 aliphatic carbocycles. The fourth-order valence-corrected chi connectivity index (χ4v) is 2.66. The van der Waals surface area contributed by atoms with Crippen LogP contribution >= 0.6 is 0 Å². The van der Waals surface area contributed by atoms with Crippen molar-refractivity contribution in [1.29, 1.82) is 0 Å². The van der Waals surface area contributed by atoms with E-state index in [-0.39, 0.29) is 6.79 Å². The first-order valence-electron chi connectivity index (χ1n) is 8.05. The molecule has 0 fully saturated rings. The molecule has 1 aromatic rings. The molecule has 0 saturated carbocycles. The lowest BCUT2D eigenvalue weighted by molar-refractivity contribution is 0.165. The minimum atomic E-state index is -0.513. The molecular weight excluding hydrogens is 266 g/mol. The molecule has 1 heterocycles. The molecule has 0 aromatic heterocycles. The summed E-state index contributed by atoms with van der Waals surface area (Å²) in [6.45, 7) is 5.26. The van der Waals surface area contributed by atoms with Gasteiger partial charge in [-0.15, -0.1) is 0 Å². The van der Waals surface area contributed by atoms with Gasteiger partial charge < -0.3 is 19.9 Å². The lowest BCUT2D eigenvalue weighted by Gasteiger charge is -2.20. The molecule has 2 rings (SSSR count). The quantitative estimate of drug-likeness (QED) is 0.732. The van der Waals surface area contributed by atoms with Crippen molar-refractivity contribution < 1.29 is 14.6 Å². The van der Waals surface area contributed by atoms with Crippen molar-refractivity contribution in [2.45, 2.75) is 58.1 Å². The zero-order valence-corrected chi connectivity index (χ0v) is 13.1. The lowest BCUT2D eigenvalue weighted by Crippen LogP contribution is -2.32. The Kier molecular flexibility index (Phi) is 6.33. The molecule has 1 aliphatic rings. The molecule has 1 aliphatic heterocycles. The number of ether oxygens (including phenoxy) is 2. The van der Waals surface area contributed by atoms with E-state index in [0.29, 0.717) is 12.6 Å². The molecule has 21 heavy (non-hydrogen) atoms. The van der Waals surface area contributed by atoms with E-state index in [2.05, 4.69) is 19.2 Å². The zero-order chi connectivity index (χ0) is 15.1. The van der Waals surface area contributed by atoms with Gasteiger partial charge in [0.1, 0.15) is 0 Å². The van der Waals surface area contributed by atoms with Crippen LogP contribution in [0, 0.1) is 0 Å². The Labute approximate surface area is 127 Å². The second-order valence-electron chi connectivity index (χ2n) is 5.66. The molecule has 2 N–H and O–H groups in total.